The second-order valence-corrected chi connectivity index (χ2v) is 8.20. The first kappa shape index (κ1) is 23.9. The molecular weight excluding hydrogens is 503 g/mol. The molecule has 1 atom stereocenters. The summed E-state index contributed by atoms with van der Waals surface area (Å²) in [6.07, 6.45) is 3.18. The molecule has 1 saturated heterocycles. The van der Waals surface area contributed by atoms with Crippen molar-refractivity contribution in [1.29, 1.82) is 0 Å². The molecule has 1 unspecified atom stereocenters. The highest BCUT2D eigenvalue weighted by Gasteiger charge is 2.28. The Bertz CT molecular complexity index is 724. The molecule has 3 heterocycles. The Hall–Kier alpha value is -1.36. The van der Waals surface area contributed by atoms with Gasteiger partial charge < -0.3 is 19.9 Å². The molecular formula is C20H31IN4O3S. The number of aliphatic imine (C=N–C) groups is 1. The fourth-order valence-electron chi connectivity index (χ4n) is 3.85. The third kappa shape index (κ3) is 6.31. The Balaban J connectivity index is 0.00000300. The molecule has 0 aromatic carbocycles. The smallest absolute Gasteiger partial charge is 0.310 e. The molecule has 2 aliphatic rings. The van der Waals surface area contributed by atoms with Crippen molar-refractivity contribution in [2.24, 2.45) is 10.9 Å². The molecule has 7 nitrogen and oxygen atoms in total. The molecule has 0 bridgehead atoms. The van der Waals surface area contributed by atoms with E-state index in [-0.39, 0.29) is 41.8 Å². The SMILES string of the molecule is CCOC(=O)C1CCCN(C(=NC)NCCC(=O)N2CCc3sccc3C2)C1.I. The van der Waals surface area contributed by atoms with Crippen LogP contribution in [0.25, 0.3) is 0 Å². The van der Waals surface area contributed by atoms with E-state index in [4.69, 9.17) is 4.74 Å². The van der Waals surface area contributed by atoms with Gasteiger partial charge in [0.25, 0.3) is 0 Å². The highest BCUT2D eigenvalue weighted by molar-refractivity contribution is 14.0. The maximum absolute atomic E-state index is 12.6. The fraction of sp³-hybridized carbons (Fsp3) is 0.650. The number of esters is 1. The number of fused-ring (bicyclic) bond motifs is 1. The number of carbonyl (C=O) groups is 2. The summed E-state index contributed by atoms with van der Waals surface area (Å²) in [5, 5.41) is 5.40. The van der Waals surface area contributed by atoms with Gasteiger partial charge in [-0.2, -0.15) is 0 Å². The molecule has 29 heavy (non-hydrogen) atoms. The van der Waals surface area contributed by atoms with Crippen LogP contribution < -0.4 is 5.32 Å². The standard InChI is InChI=1S/C20H30N4O3S.HI/c1-3-27-19(26)16-5-4-10-24(14-16)20(21-2)22-9-6-18(25)23-11-7-17-15(13-23)8-12-28-17;/h8,12,16H,3-7,9-11,13-14H2,1-2H3,(H,21,22);1H. The number of amides is 1. The van der Waals surface area contributed by atoms with Gasteiger partial charge in [-0.1, -0.05) is 0 Å². The number of halogens is 1. The molecule has 3 rings (SSSR count). The first-order chi connectivity index (χ1) is 13.6. The zero-order valence-electron chi connectivity index (χ0n) is 17.2. The van der Waals surface area contributed by atoms with Gasteiger partial charge in [0.2, 0.25) is 5.91 Å². The van der Waals surface area contributed by atoms with Gasteiger partial charge in [0.15, 0.2) is 5.96 Å². The summed E-state index contributed by atoms with van der Waals surface area (Å²) in [5.74, 6) is 0.682. The van der Waals surface area contributed by atoms with Crippen molar-refractivity contribution in [2.45, 2.75) is 39.2 Å². The molecule has 162 valence electrons. The topological polar surface area (TPSA) is 74.2 Å². The van der Waals surface area contributed by atoms with Crippen molar-refractivity contribution < 1.29 is 14.3 Å². The summed E-state index contributed by atoms with van der Waals surface area (Å²) in [4.78, 5) is 34.4. The van der Waals surface area contributed by atoms with Crippen LogP contribution in [0.5, 0.6) is 0 Å². The van der Waals surface area contributed by atoms with E-state index < -0.39 is 0 Å². The van der Waals surface area contributed by atoms with Gasteiger partial charge in [0.1, 0.15) is 0 Å². The number of rotatable bonds is 5. The Labute approximate surface area is 193 Å². The third-order valence-electron chi connectivity index (χ3n) is 5.34. The molecule has 1 aromatic rings. The molecule has 2 aliphatic heterocycles. The molecule has 1 N–H and O–H groups in total. The normalized spacial score (nSPS) is 19.2. The van der Waals surface area contributed by atoms with Crippen molar-refractivity contribution in [3.63, 3.8) is 0 Å². The van der Waals surface area contributed by atoms with Crippen molar-refractivity contribution in [3.8, 4) is 0 Å². The lowest BCUT2D eigenvalue weighted by Crippen LogP contribution is -2.49. The lowest BCUT2D eigenvalue weighted by molar-refractivity contribution is -0.149. The van der Waals surface area contributed by atoms with Gasteiger partial charge in [0.05, 0.1) is 12.5 Å². The van der Waals surface area contributed by atoms with Crippen molar-refractivity contribution in [1.82, 2.24) is 15.1 Å². The summed E-state index contributed by atoms with van der Waals surface area (Å²) in [6, 6.07) is 2.12. The quantitative estimate of drug-likeness (QED) is 0.272. The highest BCUT2D eigenvalue weighted by Crippen LogP contribution is 2.24. The minimum absolute atomic E-state index is 0. The largest absolute Gasteiger partial charge is 0.466 e. The predicted molar refractivity (Wildman–Crippen MR) is 126 cm³/mol. The predicted octanol–water partition coefficient (Wildman–Crippen LogP) is 2.49. The van der Waals surface area contributed by atoms with E-state index in [1.54, 1.807) is 18.4 Å². The van der Waals surface area contributed by atoms with Gasteiger partial charge in [-0.3, -0.25) is 14.6 Å². The first-order valence-corrected chi connectivity index (χ1v) is 11.0. The Morgan fingerprint density at radius 1 is 1.34 bits per heavy atom. The van der Waals surface area contributed by atoms with E-state index in [0.29, 0.717) is 26.1 Å². The zero-order chi connectivity index (χ0) is 19.9. The van der Waals surface area contributed by atoms with Crippen molar-refractivity contribution in [2.75, 3.05) is 39.8 Å². The van der Waals surface area contributed by atoms with E-state index in [2.05, 4.69) is 26.7 Å². The van der Waals surface area contributed by atoms with E-state index in [1.165, 1.54) is 10.4 Å². The maximum atomic E-state index is 12.6. The second-order valence-electron chi connectivity index (χ2n) is 7.20. The van der Waals surface area contributed by atoms with Crippen LogP contribution in [0.1, 0.15) is 36.6 Å². The van der Waals surface area contributed by atoms with Crippen LogP contribution in [0.3, 0.4) is 0 Å². The van der Waals surface area contributed by atoms with Crippen LogP contribution >= 0.6 is 35.3 Å². The molecule has 1 aromatic heterocycles. The molecule has 1 fully saturated rings. The number of likely N-dealkylation sites (tertiary alicyclic amines) is 1. The summed E-state index contributed by atoms with van der Waals surface area (Å²) in [7, 11) is 1.74. The molecule has 0 saturated carbocycles. The molecule has 9 heteroatoms. The summed E-state index contributed by atoms with van der Waals surface area (Å²) < 4.78 is 5.17. The number of nitrogens with zero attached hydrogens (tertiary/aromatic N) is 3. The number of thiophene rings is 1. The van der Waals surface area contributed by atoms with Crippen LogP contribution in [-0.4, -0.2) is 67.5 Å². The fourth-order valence-corrected chi connectivity index (χ4v) is 4.74. The Morgan fingerprint density at radius 2 is 2.17 bits per heavy atom. The number of piperidine rings is 1. The summed E-state index contributed by atoms with van der Waals surface area (Å²) in [5.41, 5.74) is 1.28. The minimum atomic E-state index is -0.129. The molecule has 0 spiro atoms. The van der Waals surface area contributed by atoms with Gasteiger partial charge in [-0.25, -0.2) is 0 Å². The second kappa shape index (κ2) is 11.7. The lowest BCUT2D eigenvalue weighted by Gasteiger charge is -2.34. The monoisotopic (exact) mass is 534 g/mol. The van der Waals surface area contributed by atoms with E-state index >= 15 is 0 Å². The average molecular weight is 534 g/mol. The average Bonchev–Trinajstić information content (AvgIpc) is 3.19. The summed E-state index contributed by atoms with van der Waals surface area (Å²) in [6.45, 7) is 5.77. The van der Waals surface area contributed by atoms with Crippen LogP contribution in [0.2, 0.25) is 0 Å². The van der Waals surface area contributed by atoms with Crippen molar-refractivity contribution in [3.05, 3.63) is 21.9 Å². The van der Waals surface area contributed by atoms with E-state index in [1.807, 2.05) is 11.8 Å². The Morgan fingerprint density at radius 3 is 2.93 bits per heavy atom. The van der Waals surface area contributed by atoms with Gasteiger partial charge >= 0.3 is 5.97 Å². The lowest BCUT2D eigenvalue weighted by atomic mass is 9.98. The van der Waals surface area contributed by atoms with Crippen LogP contribution in [0.4, 0.5) is 0 Å². The number of hydrogen-bond acceptors (Lipinski definition) is 5. The minimum Gasteiger partial charge on any atom is -0.466 e. The van der Waals surface area contributed by atoms with Gasteiger partial charge in [-0.05, 0) is 43.2 Å². The zero-order valence-corrected chi connectivity index (χ0v) is 20.3. The maximum Gasteiger partial charge on any atom is 0.310 e. The van der Waals surface area contributed by atoms with Gasteiger partial charge in [-0.15, -0.1) is 35.3 Å². The number of carbonyl (C=O) groups excluding carboxylic acids is 2. The number of ether oxygens (including phenoxy) is 1. The van der Waals surface area contributed by atoms with E-state index in [9.17, 15) is 9.59 Å². The van der Waals surface area contributed by atoms with E-state index in [0.717, 1.165) is 44.9 Å². The molecule has 0 aliphatic carbocycles. The summed E-state index contributed by atoms with van der Waals surface area (Å²) >= 11 is 1.78. The third-order valence-corrected chi connectivity index (χ3v) is 6.36. The van der Waals surface area contributed by atoms with Crippen LogP contribution in [-0.2, 0) is 27.3 Å². The Kier molecular flexibility index (Phi) is 9.67. The van der Waals surface area contributed by atoms with Crippen LogP contribution in [0.15, 0.2) is 16.4 Å². The molecule has 1 amide bonds. The number of guanidine groups is 1. The van der Waals surface area contributed by atoms with Gasteiger partial charge in [0, 0.05) is 51.1 Å². The number of hydrogen-bond donors (Lipinski definition) is 1. The van der Waals surface area contributed by atoms with Crippen LogP contribution in [0, 0.1) is 5.92 Å². The highest BCUT2D eigenvalue weighted by atomic mass is 127. The number of nitrogens with one attached hydrogen (secondary N) is 1. The first-order valence-electron chi connectivity index (χ1n) is 10.1. The molecule has 0 radical (unpaired) electrons. The van der Waals surface area contributed by atoms with Crippen molar-refractivity contribution >= 4 is 53.1 Å².